The number of hydrogen-bond acceptors (Lipinski definition) is 3. The number of rotatable bonds is 4. The van der Waals surface area contributed by atoms with Gasteiger partial charge in [-0.3, -0.25) is 4.72 Å². The standard InChI is InChI=1S/C15H20N2O3S/c18-13-5-2-6-14-7-9-15(10-8-14)16-21(19,20)17-11-3-1-4-12-17/h7-10,16,18H,1,3-5,11-13H2. The summed E-state index contributed by atoms with van der Waals surface area (Å²) < 4.78 is 28.5. The van der Waals surface area contributed by atoms with Crippen LogP contribution in [0.15, 0.2) is 24.3 Å². The second-order valence-corrected chi connectivity index (χ2v) is 6.59. The molecule has 0 radical (unpaired) electrons. The van der Waals surface area contributed by atoms with Crippen LogP contribution in [0.4, 0.5) is 5.69 Å². The van der Waals surface area contributed by atoms with Gasteiger partial charge in [-0.25, -0.2) is 0 Å². The molecule has 1 aliphatic rings. The fourth-order valence-corrected chi connectivity index (χ4v) is 3.46. The molecule has 0 atom stereocenters. The van der Waals surface area contributed by atoms with Gasteiger partial charge in [0, 0.05) is 30.8 Å². The first-order valence-electron chi connectivity index (χ1n) is 7.09. The molecule has 0 spiro atoms. The van der Waals surface area contributed by atoms with E-state index >= 15 is 0 Å². The third-order valence-electron chi connectivity index (χ3n) is 3.26. The van der Waals surface area contributed by atoms with Crippen LogP contribution in [0.2, 0.25) is 0 Å². The van der Waals surface area contributed by atoms with Crippen LogP contribution in [0.5, 0.6) is 0 Å². The van der Waals surface area contributed by atoms with Gasteiger partial charge in [-0.15, -0.1) is 0 Å². The molecule has 0 saturated carbocycles. The minimum atomic E-state index is -3.46. The lowest BCUT2D eigenvalue weighted by Crippen LogP contribution is -2.39. The van der Waals surface area contributed by atoms with Crippen molar-refractivity contribution in [3.63, 3.8) is 0 Å². The van der Waals surface area contributed by atoms with E-state index in [1.165, 1.54) is 4.31 Å². The topological polar surface area (TPSA) is 69.6 Å². The highest BCUT2D eigenvalue weighted by molar-refractivity contribution is 7.90. The van der Waals surface area contributed by atoms with E-state index in [9.17, 15) is 8.42 Å². The Morgan fingerprint density at radius 1 is 1.14 bits per heavy atom. The first-order chi connectivity index (χ1) is 10.1. The van der Waals surface area contributed by atoms with E-state index in [1.807, 2.05) is 0 Å². The number of piperidine rings is 1. The summed E-state index contributed by atoms with van der Waals surface area (Å²) in [7, 11) is -3.46. The fourth-order valence-electron chi connectivity index (χ4n) is 2.16. The van der Waals surface area contributed by atoms with Gasteiger partial charge in [0.05, 0.1) is 6.61 Å². The number of aliphatic hydroxyl groups is 1. The second-order valence-electron chi connectivity index (χ2n) is 4.92. The largest absolute Gasteiger partial charge is 0.395 e. The number of nitrogens with one attached hydrogen (secondary N) is 1. The summed E-state index contributed by atoms with van der Waals surface area (Å²) in [4.78, 5) is 0. The minimum absolute atomic E-state index is 0.0424. The number of nitrogens with zero attached hydrogens (tertiary/aromatic N) is 1. The molecule has 2 rings (SSSR count). The Hall–Kier alpha value is -1.55. The van der Waals surface area contributed by atoms with E-state index in [0.717, 1.165) is 24.8 Å². The fraction of sp³-hybridized carbons (Fsp3) is 0.467. The van der Waals surface area contributed by atoms with E-state index in [0.29, 0.717) is 25.2 Å². The molecular formula is C15H20N2O3S. The summed E-state index contributed by atoms with van der Waals surface area (Å²) in [5, 5.41) is 8.66. The number of benzene rings is 1. The molecule has 21 heavy (non-hydrogen) atoms. The molecule has 0 unspecified atom stereocenters. The van der Waals surface area contributed by atoms with Gasteiger partial charge in [0.2, 0.25) is 0 Å². The SMILES string of the molecule is O=S(=O)(Nc1ccc(C#CCCO)cc1)N1CCCCC1. The van der Waals surface area contributed by atoms with E-state index in [2.05, 4.69) is 16.6 Å². The van der Waals surface area contributed by atoms with Crippen molar-refractivity contribution in [3.8, 4) is 11.8 Å². The molecule has 1 aromatic rings. The zero-order valence-corrected chi connectivity index (χ0v) is 12.7. The summed E-state index contributed by atoms with van der Waals surface area (Å²) >= 11 is 0. The maximum absolute atomic E-state index is 12.2. The Morgan fingerprint density at radius 3 is 2.43 bits per heavy atom. The minimum Gasteiger partial charge on any atom is -0.395 e. The lowest BCUT2D eigenvalue weighted by atomic mass is 10.2. The molecular weight excluding hydrogens is 288 g/mol. The zero-order valence-electron chi connectivity index (χ0n) is 11.9. The van der Waals surface area contributed by atoms with Gasteiger partial charge in [0.1, 0.15) is 0 Å². The maximum atomic E-state index is 12.2. The molecule has 0 amide bonds. The highest BCUT2D eigenvalue weighted by atomic mass is 32.2. The smallest absolute Gasteiger partial charge is 0.301 e. The van der Waals surface area contributed by atoms with Crippen molar-refractivity contribution in [3.05, 3.63) is 29.8 Å². The molecule has 114 valence electrons. The van der Waals surface area contributed by atoms with Crippen molar-refractivity contribution in [1.82, 2.24) is 4.31 Å². The first-order valence-corrected chi connectivity index (χ1v) is 8.53. The van der Waals surface area contributed by atoms with Gasteiger partial charge in [-0.1, -0.05) is 18.3 Å². The van der Waals surface area contributed by atoms with Crippen molar-refractivity contribution in [2.75, 3.05) is 24.4 Å². The summed E-state index contributed by atoms with van der Waals surface area (Å²) in [6.07, 6.45) is 3.36. The first kappa shape index (κ1) is 15.8. The van der Waals surface area contributed by atoms with Gasteiger partial charge in [0.25, 0.3) is 0 Å². The Labute approximate surface area is 126 Å². The van der Waals surface area contributed by atoms with Crippen LogP contribution in [0.25, 0.3) is 0 Å². The molecule has 1 saturated heterocycles. The Kier molecular flexibility index (Phi) is 5.62. The Balaban J connectivity index is 2.01. The molecule has 1 aromatic carbocycles. The van der Waals surface area contributed by atoms with Gasteiger partial charge in [0.15, 0.2) is 0 Å². The van der Waals surface area contributed by atoms with Gasteiger partial charge < -0.3 is 5.11 Å². The molecule has 5 nitrogen and oxygen atoms in total. The third-order valence-corrected chi connectivity index (χ3v) is 4.79. The van der Waals surface area contributed by atoms with Crippen molar-refractivity contribution in [2.24, 2.45) is 0 Å². The molecule has 0 aliphatic carbocycles. The lowest BCUT2D eigenvalue weighted by Gasteiger charge is -2.26. The molecule has 6 heteroatoms. The monoisotopic (exact) mass is 308 g/mol. The predicted octanol–water partition coefficient (Wildman–Crippen LogP) is 1.56. The van der Waals surface area contributed by atoms with E-state index in [1.54, 1.807) is 24.3 Å². The number of aliphatic hydroxyl groups excluding tert-OH is 1. The number of anilines is 1. The van der Waals surface area contributed by atoms with E-state index in [4.69, 9.17) is 5.11 Å². The summed E-state index contributed by atoms with van der Waals surface area (Å²) in [6, 6.07) is 6.92. The molecule has 1 aliphatic heterocycles. The van der Waals surface area contributed by atoms with Gasteiger partial charge in [-0.2, -0.15) is 12.7 Å². The lowest BCUT2D eigenvalue weighted by molar-refractivity contribution is 0.305. The van der Waals surface area contributed by atoms with E-state index in [-0.39, 0.29) is 6.61 Å². The van der Waals surface area contributed by atoms with E-state index < -0.39 is 10.2 Å². The zero-order chi connectivity index (χ0) is 15.1. The highest BCUT2D eigenvalue weighted by Crippen LogP contribution is 2.17. The summed E-state index contributed by atoms with van der Waals surface area (Å²) in [5.41, 5.74) is 1.33. The molecule has 0 bridgehead atoms. The van der Waals surface area contributed by atoms with Crippen LogP contribution >= 0.6 is 0 Å². The maximum Gasteiger partial charge on any atom is 0.301 e. The average Bonchev–Trinajstić information content (AvgIpc) is 2.50. The van der Waals surface area contributed by atoms with Gasteiger partial charge >= 0.3 is 10.2 Å². The predicted molar refractivity (Wildman–Crippen MR) is 83.0 cm³/mol. The number of hydrogen-bond donors (Lipinski definition) is 2. The van der Waals surface area contributed by atoms with Crippen molar-refractivity contribution in [2.45, 2.75) is 25.7 Å². The highest BCUT2D eigenvalue weighted by Gasteiger charge is 2.23. The van der Waals surface area contributed by atoms with Crippen LogP contribution in [0.1, 0.15) is 31.2 Å². The molecule has 1 heterocycles. The summed E-state index contributed by atoms with van der Waals surface area (Å²) in [6.45, 7) is 1.21. The Bertz CT molecular complexity index is 609. The molecule has 2 N–H and O–H groups in total. The normalized spacial score (nSPS) is 16.0. The average molecular weight is 308 g/mol. The van der Waals surface area contributed by atoms with Crippen molar-refractivity contribution < 1.29 is 13.5 Å². The molecule has 0 aromatic heterocycles. The van der Waals surface area contributed by atoms with Crippen molar-refractivity contribution >= 4 is 15.9 Å². The second kappa shape index (κ2) is 7.46. The van der Waals surface area contributed by atoms with Gasteiger partial charge in [-0.05, 0) is 37.1 Å². The van der Waals surface area contributed by atoms with Crippen LogP contribution in [0.3, 0.4) is 0 Å². The summed E-state index contributed by atoms with van der Waals surface area (Å²) in [5.74, 6) is 5.73. The third kappa shape index (κ3) is 4.74. The van der Waals surface area contributed by atoms with Crippen LogP contribution < -0.4 is 4.72 Å². The van der Waals surface area contributed by atoms with Crippen LogP contribution in [-0.2, 0) is 10.2 Å². The molecule has 1 fully saturated rings. The quantitative estimate of drug-likeness (QED) is 0.829. The van der Waals surface area contributed by atoms with Crippen LogP contribution in [-0.4, -0.2) is 37.5 Å². The van der Waals surface area contributed by atoms with Crippen molar-refractivity contribution in [1.29, 1.82) is 0 Å². The van der Waals surface area contributed by atoms with Crippen LogP contribution in [0, 0.1) is 11.8 Å². The Morgan fingerprint density at radius 2 is 1.81 bits per heavy atom.